The Labute approximate surface area is 190 Å². The van der Waals surface area contributed by atoms with Gasteiger partial charge >= 0.3 is 0 Å². The quantitative estimate of drug-likeness (QED) is 0.363. The molecule has 0 spiro atoms. The molecule has 2 aromatic heterocycles. The Morgan fingerprint density at radius 2 is 1.70 bits per heavy atom. The number of benzene rings is 3. The summed E-state index contributed by atoms with van der Waals surface area (Å²) in [6, 6.07) is 24.9. The topological polar surface area (TPSA) is 87.0 Å². The molecule has 0 fully saturated rings. The first-order valence-electron chi connectivity index (χ1n) is 10.7. The van der Waals surface area contributed by atoms with E-state index >= 15 is 0 Å². The summed E-state index contributed by atoms with van der Waals surface area (Å²) in [4.78, 5) is 31.4. The second-order valence-electron chi connectivity index (χ2n) is 7.92. The highest BCUT2D eigenvalue weighted by molar-refractivity contribution is 5.96. The molecule has 33 heavy (non-hydrogen) atoms. The average molecular weight is 437 g/mol. The van der Waals surface area contributed by atoms with Gasteiger partial charge in [-0.3, -0.25) is 9.59 Å². The fourth-order valence-corrected chi connectivity index (χ4v) is 4.25. The highest BCUT2D eigenvalue weighted by Gasteiger charge is 2.20. The van der Waals surface area contributed by atoms with Crippen LogP contribution in [0.25, 0.3) is 21.7 Å². The first kappa shape index (κ1) is 20.6. The van der Waals surface area contributed by atoms with E-state index in [4.69, 9.17) is 4.74 Å². The number of carbonyl (C=O) groups is 1. The maximum Gasteiger partial charge on any atom is 0.267 e. The van der Waals surface area contributed by atoms with E-state index in [2.05, 4.69) is 21.4 Å². The molecule has 0 aliphatic rings. The van der Waals surface area contributed by atoms with Gasteiger partial charge in [0.1, 0.15) is 11.4 Å². The van der Waals surface area contributed by atoms with E-state index in [1.54, 1.807) is 25.3 Å². The summed E-state index contributed by atoms with van der Waals surface area (Å²) in [7, 11) is 1.64. The van der Waals surface area contributed by atoms with Crippen LogP contribution in [0.15, 0.2) is 89.9 Å². The number of amides is 1. The summed E-state index contributed by atoms with van der Waals surface area (Å²) in [6.45, 7) is 0.363. The van der Waals surface area contributed by atoms with Crippen LogP contribution in [0.2, 0.25) is 0 Å². The Bertz CT molecular complexity index is 1500. The Kier molecular flexibility index (Phi) is 5.40. The number of nitrogens with one attached hydrogen (secondary N) is 3. The molecule has 0 saturated carbocycles. The van der Waals surface area contributed by atoms with Crippen LogP contribution in [0.1, 0.15) is 27.5 Å². The number of aromatic nitrogens is 2. The van der Waals surface area contributed by atoms with Crippen LogP contribution in [-0.2, 0) is 0 Å². The monoisotopic (exact) mass is 437 g/mol. The van der Waals surface area contributed by atoms with Crippen molar-refractivity contribution in [3.05, 3.63) is 112 Å². The van der Waals surface area contributed by atoms with Gasteiger partial charge in [-0.2, -0.15) is 0 Å². The number of aromatic amines is 2. The Morgan fingerprint density at radius 1 is 0.970 bits per heavy atom. The van der Waals surface area contributed by atoms with Crippen molar-refractivity contribution >= 4 is 27.6 Å². The van der Waals surface area contributed by atoms with Crippen LogP contribution in [0.4, 0.5) is 0 Å². The first-order chi connectivity index (χ1) is 16.1. The molecular weight excluding hydrogens is 414 g/mol. The van der Waals surface area contributed by atoms with E-state index < -0.39 is 0 Å². The highest BCUT2D eigenvalue weighted by Crippen LogP contribution is 2.31. The minimum atomic E-state index is -0.323. The normalized spacial score (nSPS) is 12.0. The smallest absolute Gasteiger partial charge is 0.267 e. The van der Waals surface area contributed by atoms with Gasteiger partial charge in [0.15, 0.2) is 0 Å². The van der Waals surface area contributed by atoms with Crippen LogP contribution in [0.5, 0.6) is 5.75 Å². The lowest BCUT2D eigenvalue weighted by Gasteiger charge is -2.19. The molecule has 3 aromatic carbocycles. The van der Waals surface area contributed by atoms with Crippen LogP contribution in [0.3, 0.4) is 0 Å². The third-order valence-electron chi connectivity index (χ3n) is 5.98. The molecule has 0 radical (unpaired) electrons. The van der Waals surface area contributed by atoms with Crippen molar-refractivity contribution in [2.75, 3.05) is 13.7 Å². The molecule has 2 heterocycles. The molecule has 1 amide bonds. The Hall–Kier alpha value is -4.32. The van der Waals surface area contributed by atoms with Gasteiger partial charge in [0, 0.05) is 34.9 Å². The van der Waals surface area contributed by atoms with Crippen LogP contribution < -0.4 is 15.6 Å². The molecule has 1 unspecified atom stereocenters. The van der Waals surface area contributed by atoms with Crippen LogP contribution in [0, 0.1) is 0 Å². The number of rotatable bonds is 6. The maximum absolute atomic E-state index is 13.0. The van der Waals surface area contributed by atoms with Crippen molar-refractivity contribution in [2.24, 2.45) is 0 Å². The van der Waals surface area contributed by atoms with Crippen molar-refractivity contribution < 1.29 is 9.53 Å². The molecule has 0 bridgehead atoms. The highest BCUT2D eigenvalue weighted by atomic mass is 16.5. The van der Waals surface area contributed by atoms with Crippen molar-refractivity contribution in [1.29, 1.82) is 0 Å². The fraction of sp³-hybridized carbons (Fsp3) is 0.111. The van der Waals surface area contributed by atoms with E-state index in [-0.39, 0.29) is 23.1 Å². The number of ether oxygens (including phenoxy) is 1. The van der Waals surface area contributed by atoms with Crippen molar-refractivity contribution in [2.45, 2.75) is 5.92 Å². The summed E-state index contributed by atoms with van der Waals surface area (Å²) in [5.74, 6) is 0.355. The predicted octanol–water partition coefficient (Wildman–Crippen LogP) is 4.58. The van der Waals surface area contributed by atoms with E-state index in [0.717, 1.165) is 33.2 Å². The minimum Gasteiger partial charge on any atom is -0.497 e. The number of H-pyrrole nitrogens is 2. The molecule has 5 aromatic rings. The van der Waals surface area contributed by atoms with Crippen molar-refractivity contribution in [3.63, 3.8) is 0 Å². The number of methoxy groups -OCH3 is 1. The largest absolute Gasteiger partial charge is 0.497 e. The Morgan fingerprint density at radius 3 is 2.48 bits per heavy atom. The van der Waals surface area contributed by atoms with Gasteiger partial charge in [-0.25, -0.2) is 0 Å². The molecular formula is C27H23N3O3. The van der Waals surface area contributed by atoms with Gasteiger partial charge in [0.05, 0.1) is 7.11 Å². The fourth-order valence-electron chi connectivity index (χ4n) is 4.25. The third kappa shape index (κ3) is 3.99. The molecule has 0 aliphatic carbocycles. The zero-order valence-corrected chi connectivity index (χ0v) is 18.1. The molecule has 0 saturated heterocycles. The first-order valence-corrected chi connectivity index (χ1v) is 10.7. The summed E-state index contributed by atoms with van der Waals surface area (Å²) in [5, 5.41) is 5.41. The lowest BCUT2D eigenvalue weighted by Crippen LogP contribution is -2.30. The summed E-state index contributed by atoms with van der Waals surface area (Å²) in [5.41, 5.74) is 3.14. The lowest BCUT2D eigenvalue weighted by atomic mass is 9.90. The zero-order chi connectivity index (χ0) is 22.8. The minimum absolute atomic E-state index is 0.0943. The standard InChI is InChI=1S/C27H23N3O3/c1-33-19-12-10-17(11-13-19)22(23-16-28-24-9-5-4-8-21(23)24)15-29-27(32)25-14-18-6-2-3-7-20(18)26(31)30-25/h2-14,16,22,28H,15H2,1H3,(H,29,32)(H,30,31). The molecule has 6 heteroatoms. The Balaban J connectivity index is 1.47. The van der Waals surface area contributed by atoms with Gasteiger partial charge < -0.3 is 20.0 Å². The van der Waals surface area contributed by atoms with Crippen molar-refractivity contribution in [1.82, 2.24) is 15.3 Å². The van der Waals surface area contributed by atoms with Gasteiger partial charge in [-0.1, -0.05) is 48.5 Å². The lowest BCUT2D eigenvalue weighted by molar-refractivity contribution is 0.0947. The number of para-hydroxylation sites is 1. The summed E-state index contributed by atoms with van der Waals surface area (Å²) < 4.78 is 5.30. The predicted molar refractivity (Wildman–Crippen MR) is 130 cm³/mol. The zero-order valence-electron chi connectivity index (χ0n) is 18.1. The molecule has 0 aliphatic heterocycles. The number of pyridine rings is 1. The van der Waals surface area contributed by atoms with E-state index in [1.807, 2.05) is 60.8 Å². The number of hydrogen-bond donors (Lipinski definition) is 3. The third-order valence-corrected chi connectivity index (χ3v) is 5.98. The summed E-state index contributed by atoms with van der Waals surface area (Å²) >= 11 is 0. The second kappa shape index (κ2) is 8.67. The SMILES string of the molecule is COc1ccc(C(CNC(=O)c2cc3ccccc3c(=O)[nH]2)c2c[nH]c3ccccc23)cc1. The molecule has 164 valence electrons. The van der Waals surface area contributed by atoms with Gasteiger partial charge in [0.2, 0.25) is 0 Å². The van der Waals surface area contributed by atoms with E-state index in [9.17, 15) is 9.59 Å². The van der Waals surface area contributed by atoms with Crippen LogP contribution >= 0.6 is 0 Å². The molecule has 5 rings (SSSR count). The summed E-state index contributed by atoms with van der Waals surface area (Å²) in [6.07, 6.45) is 1.99. The molecule has 1 atom stereocenters. The number of fused-ring (bicyclic) bond motifs is 2. The van der Waals surface area contributed by atoms with Crippen LogP contribution in [-0.4, -0.2) is 29.5 Å². The van der Waals surface area contributed by atoms with E-state index in [1.165, 1.54) is 0 Å². The average Bonchev–Trinajstić information content (AvgIpc) is 3.28. The van der Waals surface area contributed by atoms with Gasteiger partial charge in [0.25, 0.3) is 11.5 Å². The van der Waals surface area contributed by atoms with Crippen molar-refractivity contribution in [3.8, 4) is 5.75 Å². The maximum atomic E-state index is 13.0. The molecule has 6 nitrogen and oxygen atoms in total. The van der Waals surface area contributed by atoms with Gasteiger partial charge in [-0.05, 0) is 46.8 Å². The van der Waals surface area contributed by atoms with E-state index in [0.29, 0.717) is 11.9 Å². The number of hydrogen-bond acceptors (Lipinski definition) is 3. The molecule has 3 N–H and O–H groups in total. The number of carbonyl (C=O) groups excluding carboxylic acids is 1. The second-order valence-corrected chi connectivity index (χ2v) is 7.92. The van der Waals surface area contributed by atoms with Gasteiger partial charge in [-0.15, -0.1) is 0 Å².